The van der Waals surface area contributed by atoms with Crippen molar-refractivity contribution >= 4 is 10.0 Å². The minimum absolute atomic E-state index is 0.00654. The molecule has 2 aromatic carbocycles. The van der Waals surface area contributed by atoms with Crippen molar-refractivity contribution in [2.45, 2.75) is 37.5 Å². The van der Waals surface area contributed by atoms with Crippen LogP contribution in [0.25, 0.3) is 0 Å². The molecule has 0 radical (unpaired) electrons. The highest BCUT2D eigenvalue weighted by Gasteiger charge is 2.25. The minimum atomic E-state index is -3.51. The van der Waals surface area contributed by atoms with Gasteiger partial charge in [-0.3, -0.25) is 4.90 Å². The predicted octanol–water partition coefficient (Wildman–Crippen LogP) is 3.43. The predicted molar refractivity (Wildman–Crippen MR) is 128 cm³/mol. The van der Waals surface area contributed by atoms with Gasteiger partial charge in [0.1, 0.15) is 19.8 Å². The number of nitrogens with zero attached hydrogens (tertiary/aromatic N) is 1. The number of para-hydroxylation sites is 1. The van der Waals surface area contributed by atoms with Gasteiger partial charge in [0.2, 0.25) is 15.8 Å². The second-order valence-corrected chi connectivity index (χ2v) is 11.5. The van der Waals surface area contributed by atoms with E-state index in [1.54, 1.807) is 12.1 Å². The number of hydrogen-bond donors (Lipinski definition) is 1. The first kappa shape index (κ1) is 23.9. The molecular weight excluding hydrogens is 440 g/mol. The van der Waals surface area contributed by atoms with Crippen LogP contribution < -0.4 is 18.9 Å². The Morgan fingerprint density at radius 1 is 1.09 bits per heavy atom. The Morgan fingerprint density at radius 2 is 1.85 bits per heavy atom. The fourth-order valence-electron chi connectivity index (χ4n) is 4.17. The molecule has 2 aliphatic heterocycles. The lowest BCUT2D eigenvalue weighted by atomic mass is 9.87. The van der Waals surface area contributed by atoms with Crippen molar-refractivity contribution in [1.29, 1.82) is 0 Å². The quantitative estimate of drug-likeness (QED) is 0.632. The molecule has 4 rings (SSSR count). The number of benzene rings is 2. The van der Waals surface area contributed by atoms with E-state index in [0.29, 0.717) is 42.8 Å². The summed E-state index contributed by atoms with van der Waals surface area (Å²) in [5.41, 5.74) is 1.11. The Kier molecular flexibility index (Phi) is 7.16. The van der Waals surface area contributed by atoms with Crippen molar-refractivity contribution in [2.24, 2.45) is 5.92 Å². The molecule has 0 bridgehead atoms. The third-order valence-corrected chi connectivity index (χ3v) is 7.60. The summed E-state index contributed by atoms with van der Waals surface area (Å²) in [5, 5.41) is 0. The molecule has 0 aliphatic carbocycles. The highest BCUT2D eigenvalue weighted by molar-refractivity contribution is 7.89. The van der Waals surface area contributed by atoms with Crippen molar-refractivity contribution in [1.82, 2.24) is 9.62 Å². The van der Waals surface area contributed by atoms with Crippen molar-refractivity contribution < 1.29 is 22.6 Å². The number of sulfonamides is 1. The van der Waals surface area contributed by atoms with Crippen molar-refractivity contribution in [2.75, 3.05) is 46.0 Å². The number of fused-ring (bicyclic) bond motifs is 1. The van der Waals surface area contributed by atoms with E-state index in [1.807, 2.05) is 30.3 Å². The van der Waals surface area contributed by atoms with E-state index in [4.69, 9.17) is 14.2 Å². The van der Waals surface area contributed by atoms with Gasteiger partial charge in [0, 0.05) is 19.6 Å². The zero-order valence-corrected chi connectivity index (χ0v) is 20.5. The largest absolute Gasteiger partial charge is 0.488 e. The molecule has 2 aliphatic rings. The second-order valence-electron chi connectivity index (χ2n) is 9.71. The van der Waals surface area contributed by atoms with Gasteiger partial charge in [0.25, 0.3) is 0 Å². The molecule has 0 saturated carbocycles. The maximum absolute atomic E-state index is 12.7. The summed E-state index contributed by atoms with van der Waals surface area (Å²) in [5.74, 6) is 2.39. The average Bonchev–Trinajstić information content (AvgIpc) is 3.25. The van der Waals surface area contributed by atoms with Gasteiger partial charge in [-0.05, 0) is 54.1 Å². The molecule has 2 heterocycles. The molecule has 180 valence electrons. The molecule has 0 spiro atoms. The molecule has 8 heteroatoms. The van der Waals surface area contributed by atoms with E-state index in [-0.39, 0.29) is 11.3 Å². The number of ether oxygens (including phenoxy) is 3. The lowest BCUT2D eigenvalue weighted by Crippen LogP contribution is -2.32. The third kappa shape index (κ3) is 5.99. The molecule has 0 amide bonds. The Bertz CT molecular complexity index is 1050. The molecular formula is C25H34N2O5S. The van der Waals surface area contributed by atoms with Crippen molar-refractivity contribution in [3.8, 4) is 17.2 Å². The SMILES string of the molecule is CC(C)(C)c1ccc(S(=O)(=O)NCC2CCN(CCOc3cccc4c3OCCO4)C2)cc1. The van der Waals surface area contributed by atoms with Crippen LogP contribution in [0.4, 0.5) is 0 Å². The average molecular weight is 475 g/mol. The van der Waals surface area contributed by atoms with Crippen LogP contribution in [0, 0.1) is 5.92 Å². The molecule has 2 aromatic rings. The first-order chi connectivity index (χ1) is 15.7. The van der Waals surface area contributed by atoms with Crippen LogP contribution in [0.3, 0.4) is 0 Å². The smallest absolute Gasteiger partial charge is 0.240 e. The standard InChI is InChI=1S/C25H34N2O5S/c1-25(2,3)20-7-9-21(10-8-20)33(28,29)26-17-19-11-12-27(18-19)13-14-30-22-5-4-6-23-24(22)32-16-15-31-23/h4-10,19,26H,11-18H2,1-3H3. The fraction of sp³-hybridized carbons (Fsp3) is 0.520. The zero-order chi connectivity index (χ0) is 23.5. The summed E-state index contributed by atoms with van der Waals surface area (Å²) < 4.78 is 45.4. The molecule has 1 fully saturated rings. The van der Waals surface area contributed by atoms with Crippen LogP contribution in [-0.4, -0.2) is 59.3 Å². The van der Waals surface area contributed by atoms with Crippen LogP contribution >= 0.6 is 0 Å². The number of hydrogen-bond acceptors (Lipinski definition) is 6. The van der Waals surface area contributed by atoms with Gasteiger partial charge in [-0.25, -0.2) is 13.1 Å². The first-order valence-corrected chi connectivity index (χ1v) is 13.0. The van der Waals surface area contributed by atoms with E-state index < -0.39 is 10.0 Å². The summed E-state index contributed by atoms with van der Waals surface area (Å²) in [7, 11) is -3.51. The lowest BCUT2D eigenvalue weighted by molar-refractivity contribution is 0.158. The van der Waals surface area contributed by atoms with Gasteiger partial charge in [-0.15, -0.1) is 0 Å². The van der Waals surface area contributed by atoms with E-state index in [1.165, 1.54) is 0 Å². The maximum Gasteiger partial charge on any atom is 0.240 e. The van der Waals surface area contributed by atoms with E-state index >= 15 is 0 Å². The van der Waals surface area contributed by atoms with E-state index in [0.717, 1.165) is 37.4 Å². The molecule has 7 nitrogen and oxygen atoms in total. The first-order valence-electron chi connectivity index (χ1n) is 11.6. The van der Waals surface area contributed by atoms with Crippen LogP contribution in [-0.2, 0) is 15.4 Å². The summed E-state index contributed by atoms with van der Waals surface area (Å²) in [4.78, 5) is 2.63. The van der Waals surface area contributed by atoms with Crippen LogP contribution in [0.1, 0.15) is 32.8 Å². The summed E-state index contributed by atoms with van der Waals surface area (Å²) in [6, 6.07) is 12.9. The van der Waals surface area contributed by atoms with E-state index in [9.17, 15) is 8.42 Å². The Labute approximate surface area is 197 Å². The number of rotatable bonds is 8. The maximum atomic E-state index is 12.7. The summed E-state index contributed by atoms with van der Waals surface area (Å²) in [6.07, 6.45) is 0.961. The molecule has 0 aromatic heterocycles. The van der Waals surface area contributed by atoms with Gasteiger partial charge in [-0.1, -0.05) is 39.0 Å². The number of nitrogens with one attached hydrogen (secondary N) is 1. The van der Waals surface area contributed by atoms with Gasteiger partial charge in [0.15, 0.2) is 11.5 Å². The molecule has 1 saturated heterocycles. The van der Waals surface area contributed by atoms with Crippen molar-refractivity contribution in [3.63, 3.8) is 0 Å². The minimum Gasteiger partial charge on any atom is -0.488 e. The molecule has 1 unspecified atom stereocenters. The Hall–Kier alpha value is -2.29. The van der Waals surface area contributed by atoms with Crippen LogP contribution in [0.15, 0.2) is 47.4 Å². The van der Waals surface area contributed by atoms with Gasteiger partial charge in [0.05, 0.1) is 4.90 Å². The zero-order valence-electron chi connectivity index (χ0n) is 19.7. The van der Waals surface area contributed by atoms with Crippen LogP contribution in [0.2, 0.25) is 0 Å². The highest BCUT2D eigenvalue weighted by Crippen LogP contribution is 2.38. The Morgan fingerprint density at radius 3 is 2.61 bits per heavy atom. The van der Waals surface area contributed by atoms with E-state index in [2.05, 4.69) is 30.4 Å². The second kappa shape index (κ2) is 9.91. The monoisotopic (exact) mass is 474 g/mol. The summed E-state index contributed by atoms with van der Waals surface area (Å²) in [6.45, 7) is 11.0. The highest BCUT2D eigenvalue weighted by atomic mass is 32.2. The number of likely N-dealkylation sites (tertiary alicyclic amines) is 1. The lowest BCUT2D eigenvalue weighted by Gasteiger charge is -2.22. The summed E-state index contributed by atoms with van der Waals surface area (Å²) >= 11 is 0. The van der Waals surface area contributed by atoms with Crippen molar-refractivity contribution in [3.05, 3.63) is 48.0 Å². The molecule has 1 N–H and O–H groups in total. The normalized spacial score (nSPS) is 18.9. The van der Waals surface area contributed by atoms with Gasteiger partial charge >= 0.3 is 0 Å². The fourth-order valence-corrected chi connectivity index (χ4v) is 5.29. The van der Waals surface area contributed by atoms with Crippen LogP contribution in [0.5, 0.6) is 17.2 Å². The molecule has 33 heavy (non-hydrogen) atoms. The van der Waals surface area contributed by atoms with Gasteiger partial charge < -0.3 is 14.2 Å². The molecule has 1 atom stereocenters. The topological polar surface area (TPSA) is 77.1 Å². The third-order valence-electron chi connectivity index (χ3n) is 6.16. The Balaban J connectivity index is 1.23. The van der Waals surface area contributed by atoms with Gasteiger partial charge in [-0.2, -0.15) is 0 Å².